The minimum atomic E-state index is -0.234. The van der Waals surface area contributed by atoms with Crippen molar-refractivity contribution >= 4 is 18.3 Å². The lowest BCUT2D eigenvalue weighted by molar-refractivity contribution is -0.121. The van der Waals surface area contributed by atoms with Crippen LogP contribution in [0.1, 0.15) is 6.42 Å². The number of ether oxygens (including phenoxy) is 1. The van der Waals surface area contributed by atoms with Gasteiger partial charge in [0, 0.05) is 6.61 Å². The summed E-state index contributed by atoms with van der Waals surface area (Å²) in [5.74, 6) is -0.252. The summed E-state index contributed by atoms with van der Waals surface area (Å²) in [6, 6.07) is 0. The molecule has 0 radical (unpaired) electrons. The fraction of sp³-hybridized carbons (Fsp3) is 0.800. The normalized spacial score (nSPS) is 25.1. The van der Waals surface area contributed by atoms with Crippen LogP contribution in [0.15, 0.2) is 0 Å². The topological polar surface area (TPSA) is 52.3 Å². The molecule has 0 spiro atoms. The Balaban J connectivity index is 0.000000640. The molecule has 1 aliphatic heterocycles. The van der Waals surface area contributed by atoms with Crippen molar-refractivity contribution in [2.24, 2.45) is 11.7 Å². The van der Waals surface area contributed by atoms with Crippen LogP contribution in [0, 0.1) is 5.92 Å². The van der Waals surface area contributed by atoms with Gasteiger partial charge in [-0.1, -0.05) is 0 Å². The van der Waals surface area contributed by atoms with Crippen molar-refractivity contribution in [3.63, 3.8) is 0 Å². The highest BCUT2D eigenvalue weighted by Gasteiger charge is 2.20. The lowest BCUT2D eigenvalue weighted by atomic mass is 10.1. The van der Waals surface area contributed by atoms with E-state index >= 15 is 0 Å². The Kier molecular flexibility index (Phi) is 3.58. The van der Waals surface area contributed by atoms with Crippen molar-refractivity contribution in [3.8, 4) is 0 Å². The molecule has 0 aliphatic carbocycles. The van der Waals surface area contributed by atoms with Crippen LogP contribution in [0.2, 0.25) is 0 Å². The number of hydrogen-bond donors (Lipinski definition) is 1. The minimum absolute atomic E-state index is 0. The largest absolute Gasteiger partial charge is 0.381 e. The molecular weight excluding hydrogens is 142 g/mol. The van der Waals surface area contributed by atoms with E-state index in [0.29, 0.717) is 13.2 Å². The maximum atomic E-state index is 10.3. The van der Waals surface area contributed by atoms with Crippen LogP contribution in [-0.4, -0.2) is 19.1 Å². The molecule has 4 heteroatoms. The molecule has 1 rings (SSSR count). The molecule has 0 bridgehead atoms. The van der Waals surface area contributed by atoms with Crippen molar-refractivity contribution in [1.29, 1.82) is 0 Å². The van der Waals surface area contributed by atoms with Gasteiger partial charge in [0.25, 0.3) is 0 Å². The van der Waals surface area contributed by atoms with Crippen molar-refractivity contribution in [1.82, 2.24) is 0 Å². The van der Waals surface area contributed by atoms with E-state index < -0.39 is 0 Å². The van der Waals surface area contributed by atoms with E-state index in [9.17, 15) is 4.79 Å². The number of halogens is 1. The van der Waals surface area contributed by atoms with Gasteiger partial charge in [-0.3, -0.25) is 4.79 Å². The summed E-state index contributed by atoms with van der Waals surface area (Å²) in [6.07, 6.45) is 0.801. The minimum Gasteiger partial charge on any atom is -0.381 e. The zero-order valence-corrected chi connectivity index (χ0v) is 5.82. The first kappa shape index (κ1) is 8.72. The maximum Gasteiger partial charge on any atom is 0.222 e. The number of carbonyl (C=O) groups is 1. The molecule has 0 aromatic rings. The zero-order chi connectivity index (χ0) is 5.98. The molecule has 54 valence electrons. The van der Waals surface area contributed by atoms with Crippen molar-refractivity contribution in [3.05, 3.63) is 0 Å². The lowest BCUT2D eigenvalue weighted by Gasteiger charge is -1.96. The Morgan fingerprint density at radius 2 is 2.33 bits per heavy atom. The predicted octanol–water partition coefficient (Wildman–Crippen LogP) is -0.0700. The Morgan fingerprint density at radius 3 is 2.56 bits per heavy atom. The quantitative estimate of drug-likeness (QED) is 0.571. The second-order valence-corrected chi connectivity index (χ2v) is 1.96. The Bertz CT molecular complexity index is 101. The van der Waals surface area contributed by atoms with Crippen LogP contribution in [0.3, 0.4) is 0 Å². The first-order valence-corrected chi connectivity index (χ1v) is 2.68. The monoisotopic (exact) mass is 151 g/mol. The molecular formula is C5H10ClNO2. The predicted molar refractivity (Wildman–Crippen MR) is 35.4 cm³/mol. The van der Waals surface area contributed by atoms with E-state index in [1.165, 1.54) is 0 Å². The van der Waals surface area contributed by atoms with Gasteiger partial charge in [0.15, 0.2) is 0 Å². The Hall–Kier alpha value is -0.280. The molecule has 3 nitrogen and oxygen atoms in total. The van der Waals surface area contributed by atoms with E-state index in [1.54, 1.807) is 0 Å². The molecule has 1 unspecified atom stereocenters. The Morgan fingerprint density at radius 1 is 1.67 bits per heavy atom. The number of carbonyl (C=O) groups excluding carboxylic acids is 1. The van der Waals surface area contributed by atoms with Crippen molar-refractivity contribution in [2.45, 2.75) is 6.42 Å². The summed E-state index contributed by atoms with van der Waals surface area (Å²) >= 11 is 0. The van der Waals surface area contributed by atoms with E-state index in [1.807, 2.05) is 0 Å². The van der Waals surface area contributed by atoms with E-state index in [0.717, 1.165) is 6.42 Å². The zero-order valence-electron chi connectivity index (χ0n) is 5.00. The van der Waals surface area contributed by atoms with E-state index in [4.69, 9.17) is 10.5 Å². The third kappa shape index (κ3) is 2.20. The standard InChI is InChI=1S/C5H9NO2.ClH/c6-5(7)4-1-2-8-3-4;/h4H,1-3H2,(H2,6,7);1H. The van der Waals surface area contributed by atoms with Crippen LogP contribution in [0.25, 0.3) is 0 Å². The van der Waals surface area contributed by atoms with Crippen LogP contribution in [-0.2, 0) is 9.53 Å². The molecule has 1 aliphatic rings. The molecule has 1 atom stereocenters. The molecule has 9 heavy (non-hydrogen) atoms. The lowest BCUT2D eigenvalue weighted by Crippen LogP contribution is -2.22. The summed E-state index contributed by atoms with van der Waals surface area (Å²) in [4.78, 5) is 10.3. The molecule has 1 fully saturated rings. The Labute approximate surface area is 60.0 Å². The van der Waals surface area contributed by atoms with Crippen LogP contribution in [0.5, 0.6) is 0 Å². The molecule has 1 heterocycles. The van der Waals surface area contributed by atoms with Gasteiger partial charge in [-0.2, -0.15) is 0 Å². The SMILES string of the molecule is Cl.NC(=O)C1CCOC1. The third-order valence-electron chi connectivity index (χ3n) is 1.33. The van der Waals surface area contributed by atoms with E-state index in [-0.39, 0.29) is 24.2 Å². The molecule has 1 saturated heterocycles. The first-order valence-electron chi connectivity index (χ1n) is 2.68. The fourth-order valence-electron chi connectivity index (χ4n) is 0.759. The first-order chi connectivity index (χ1) is 3.80. The molecule has 0 saturated carbocycles. The summed E-state index contributed by atoms with van der Waals surface area (Å²) in [5, 5.41) is 0. The van der Waals surface area contributed by atoms with Crippen molar-refractivity contribution in [2.75, 3.05) is 13.2 Å². The number of primary amides is 1. The average molecular weight is 152 g/mol. The second-order valence-electron chi connectivity index (χ2n) is 1.96. The highest BCUT2D eigenvalue weighted by atomic mass is 35.5. The average Bonchev–Trinajstić information content (AvgIpc) is 2.12. The number of hydrogen-bond acceptors (Lipinski definition) is 2. The second kappa shape index (κ2) is 3.69. The highest BCUT2D eigenvalue weighted by Crippen LogP contribution is 2.10. The number of rotatable bonds is 1. The van der Waals surface area contributed by atoms with Gasteiger partial charge < -0.3 is 10.5 Å². The smallest absolute Gasteiger partial charge is 0.222 e. The summed E-state index contributed by atoms with van der Waals surface area (Å²) < 4.78 is 4.92. The summed E-state index contributed by atoms with van der Waals surface area (Å²) in [7, 11) is 0. The highest BCUT2D eigenvalue weighted by molar-refractivity contribution is 5.85. The number of amides is 1. The maximum absolute atomic E-state index is 10.3. The molecule has 0 aromatic carbocycles. The van der Waals surface area contributed by atoms with Gasteiger partial charge in [0.1, 0.15) is 0 Å². The van der Waals surface area contributed by atoms with Crippen LogP contribution >= 0.6 is 12.4 Å². The van der Waals surface area contributed by atoms with Crippen LogP contribution in [0.4, 0.5) is 0 Å². The van der Waals surface area contributed by atoms with Gasteiger partial charge in [0.05, 0.1) is 12.5 Å². The summed E-state index contributed by atoms with van der Waals surface area (Å²) in [5.41, 5.74) is 4.98. The van der Waals surface area contributed by atoms with Gasteiger partial charge in [0.2, 0.25) is 5.91 Å². The molecule has 0 aromatic heterocycles. The number of nitrogens with two attached hydrogens (primary N) is 1. The van der Waals surface area contributed by atoms with Gasteiger partial charge in [-0.05, 0) is 6.42 Å². The molecule has 1 amide bonds. The van der Waals surface area contributed by atoms with Crippen LogP contribution < -0.4 is 5.73 Å². The van der Waals surface area contributed by atoms with Gasteiger partial charge in [-0.25, -0.2) is 0 Å². The van der Waals surface area contributed by atoms with E-state index in [2.05, 4.69) is 0 Å². The molecule has 2 N–H and O–H groups in total. The van der Waals surface area contributed by atoms with Gasteiger partial charge in [-0.15, -0.1) is 12.4 Å². The fourth-order valence-corrected chi connectivity index (χ4v) is 0.759. The third-order valence-corrected chi connectivity index (χ3v) is 1.33. The van der Waals surface area contributed by atoms with Crippen molar-refractivity contribution < 1.29 is 9.53 Å². The summed E-state index contributed by atoms with van der Waals surface area (Å²) in [6.45, 7) is 1.21. The van der Waals surface area contributed by atoms with Gasteiger partial charge >= 0.3 is 0 Å².